The second-order valence-electron chi connectivity index (χ2n) is 6.05. The van der Waals surface area contributed by atoms with Crippen molar-refractivity contribution >= 4 is 5.91 Å². The van der Waals surface area contributed by atoms with Crippen LogP contribution in [0.15, 0.2) is 48.9 Å². The number of aryl methyl sites for hydroxylation is 1. The van der Waals surface area contributed by atoms with Gasteiger partial charge in [0, 0.05) is 29.9 Å². The Morgan fingerprint density at radius 2 is 2.04 bits per heavy atom. The third-order valence-corrected chi connectivity index (χ3v) is 3.95. The molecule has 7 nitrogen and oxygen atoms in total. The van der Waals surface area contributed by atoms with Crippen LogP contribution in [0.1, 0.15) is 34.1 Å². The first-order chi connectivity index (χ1) is 12.1. The summed E-state index contributed by atoms with van der Waals surface area (Å²) in [6.45, 7) is 4.59. The lowest BCUT2D eigenvalue weighted by molar-refractivity contribution is 0.0940. The molecule has 25 heavy (non-hydrogen) atoms. The van der Waals surface area contributed by atoms with Gasteiger partial charge in [0.2, 0.25) is 0 Å². The standard InChI is InChI=1S/C18H20N6O/c1-13-4-3-9-19-17(13)10-14(2)21-18(25)16-7-5-15(6-8-16)11-24-12-20-22-23-24/h3-9,12,14H,10-11H2,1-2H3,(H,21,25). The van der Waals surface area contributed by atoms with Crippen molar-refractivity contribution in [3.8, 4) is 0 Å². The quantitative estimate of drug-likeness (QED) is 0.742. The molecule has 1 aromatic carbocycles. The summed E-state index contributed by atoms with van der Waals surface area (Å²) in [4.78, 5) is 16.8. The fourth-order valence-electron chi connectivity index (χ4n) is 2.58. The number of amides is 1. The molecule has 2 aromatic heterocycles. The number of rotatable bonds is 6. The van der Waals surface area contributed by atoms with Crippen LogP contribution in [-0.4, -0.2) is 37.1 Å². The van der Waals surface area contributed by atoms with Crippen molar-refractivity contribution in [2.45, 2.75) is 32.9 Å². The molecule has 1 N–H and O–H groups in total. The molecule has 3 rings (SSSR count). The zero-order chi connectivity index (χ0) is 17.6. The van der Waals surface area contributed by atoms with Gasteiger partial charge in [-0.05, 0) is 53.6 Å². The Bertz CT molecular complexity index is 829. The lowest BCUT2D eigenvalue weighted by atomic mass is 10.1. The van der Waals surface area contributed by atoms with Crippen LogP contribution in [0.25, 0.3) is 0 Å². The summed E-state index contributed by atoms with van der Waals surface area (Å²) in [6, 6.07) is 11.4. The largest absolute Gasteiger partial charge is 0.349 e. The van der Waals surface area contributed by atoms with Crippen molar-refractivity contribution in [3.05, 3.63) is 71.3 Å². The minimum absolute atomic E-state index is 0.00185. The highest BCUT2D eigenvalue weighted by atomic mass is 16.1. The summed E-state index contributed by atoms with van der Waals surface area (Å²) < 4.78 is 1.63. The summed E-state index contributed by atoms with van der Waals surface area (Å²) in [5, 5.41) is 14.0. The van der Waals surface area contributed by atoms with Crippen LogP contribution < -0.4 is 5.32 Å². The van der Waals surface area contributed by atoms with Gasteiger partial charge in [0.1, 0.15) is 6.33 Å². The van der Waals surface area contributed by atoms with E-state index in [4.69, 9.17) is 0 Å². The first-order valence-electron chi connectivity index (χ1n) is 8.13. The third-order valence-electron chi connectivity index (χ3n) is 3.95. The molecule has 0 radical (unpaired) electrons. The minimum Gasteiger partial charge on any atom is -0.349 e. The molecule has 0 aliphatic rings. The first kappa shape index (κ1) is 16.8. The number of pyridine rings is 1. The number of nitrogens with one attached hydrogen (secondary N) is 1. The Labute approximate surface area is 146 Å². The van der Waals surface area contributed by atoms with E-state index in [0.717, 1.165) is 16.8 Å². The summed E-state index contributed by atoms with van der Waals surface area (Å²) >= 11 is 0. The zero-order valence-corrected chi connectivity index (χ0v) is 14.3. The molecule has 0 bridgehead atoms. The molecular weight excluding hydrogens is 316 g/mol. The highest BCUT2D eigenvalue weighted by molar-refractivity contribution is 5.94. The van der Waals surface area contributed by atoms with Gasteiger partial charge in [0.25, 0.3) is 5.91 Å². The van der Waals surface area contributed by atoms with Gasteiger partial charge in [0.15, 0.2) is 0 Å². The molecule has 1 atom stereocenters. The van der Waals surface area contributed by atoms with E-state index in [1.807, 2.05) is 50.2 Å². The second-order valence-corrected chi connectivity index (χ2v) is 6.05. The number of hydrogen-bond donors (Lipinski definition) is 1. The van der Waals surface area contributed by atoms with Crippen LogP contribution in [-0.2, 0) is 13.0 Å². The van der Waals surface area contributed by atoms with Gasteiger partial charge in [-0.2, -0.15) is 0 Å². The fraction of sp³-hybridized carbons (Fsp3) is 0.278. The Kier molecular flexibility index (Phi) is 5.13. The Morgan fingerprint density at radius 3 is 2.72 bits per heavy atom. The molecule has 7 heteroatoms. The van der Waals surface area contributed by atoms with E-state index in [1.165, 1.54) is 0 Å². The van der Waals surface area contributed by atoms with Crippen LogP contribution in [0.4, 0.5) is 0 Å². The maximum atomic E-state index is 12.4. The van der Waals surface area contributed by atoms with Crippen LogP contribution in [0, 0.1) is 6.92 Å². The topological polar surface area (TPSA) is 85.6 Å². The van der Waals surface area contributed by atoms with E-state index < -0.39 is 0 Å². The predicted octanol–water partition coefficient (Wildman–Crippen LogP) is 1.79. The summed E-state index contributed by atoms with van der Waals surface area (Å²) in [7, 11) is 0. The molecule has 2 heterocycles. The fourth-order valence-corrected chi connectivity index (χ4v) is 2.58. The van der Waals surface area contributed by atoms with Crippen LogP contribution in [0.3, 0.4) is 0 Å². The van der Waals surface area contributed by atoms with Crippen LogP contribution in [0.2, 0.25) is 0 Å². The van der Waals surface area contributed by atoms with Crippen molar-refractivity contribution in [1.82, 2.24) is 30.5 Å². The van der Waals surface area contributed by atoms with Gasteiger partial charge >= 0.3 is 0 Å². The van der Waals surface area contributed by atoms with Gasteiger partial charge in [-0.25, -0.2) is 4.68 Å². The average molecular weight is 336 g/mol. The van der Waals surface area contributed by atoms with Gasteiger partial charge in [-0.15, -0.1) is 5.10 Å². The molecule has 0 aliphatic carbocycles. The van der Waals surface area contributed by atoms with Gasteiger partial charge in [-0.3, -0.25) is 9.78 Å². The molecule has 128 valence electrons. The van der Waals surface area contributed by atoms with Crippen LogP contribution in [0.5, 0.6) is 0 Å². The molecule has 1 amide bonds. The third kappa shape index (κ3) is 4.47. The number of carbonyl (C=O) groups excluding carboxylic acids is 1. The molecule has 0 fully saturated rings. The smallest absolute Gasteiger partial charge is 0.251 e. The number of carbonyl (C=O) groups is 1. The Balaban J connectivity index is 1.58. The second kappa shape index (κ2) is 7.65. The van der Waals surface area contributed by atoms with E-state index in [-0.39, 0.29) is 11.9 Å². The average Bonchev–Trinajstić information content (AvgIpc) is 3.10. The molecule has 0 saturated carbocycles. The Hall–Kier alpha value is -3.09. The molecule has 1 unspecified atom stereocenters. The molecule has 3 aromatic rings. The number of benzene rings is 1. The van der Waals surface area contributed by atoms with E-state index >= 15 is 0 Å². The van der Waals surface area contributed by atoms with Crippen molar-refractivity contribution in [3.63, 3.8) is 0 Å². The normalized spacial score (nSPS) is 11.9. The van der Waals surface area contributed by atoms with Gasteiger partial charge < -0.3 is 5.32 Å². The number of tetrazole rings is 1. The lowest BCUT2D eigenvalue weighted by Crippen LogP contribution is -2.34. The predicted molar refractivity (Wildman–Crippen MR) is 93.0 cm³/mol. The number of nitrogens with zero attached hydrogens (tertiary/aromatic N) is 5. The summed E-state index contributed by atoms with van der Waals surface area (Å²) in [6.07, 6.45) is 4.04. The van der Waals surface area contributed by atoms with Crippen molar-refractivity contribution < 1.29 is 4.79 Å². The molecular formula is C18H20N6O. The van der Waals surface area contributed by atoms with E-state index in [9.17, 15) is 4.79 Å². The minimum atomic E-state index is -0.0879. The zero-order valence-electron chi connectivity index (χ0n) is 14.3. The van der Waals surface area contributed by atoms with Gasteiger partial charge in [-0.1, -0.05) is 18.2 Å². The van der Waals surface area contributed by atoms with E-state index in [0.29, 0.717) is 18.5 Å². The number of hydrogen-bond acceptors (Lipinski definition) is 5. The highest BCUT2D eigenvalue weighted by Crippen LogP contribution is 2.09. The molecule has 0 saturated heterocycles. The van der Waals surface area contributed by atoms with E-state index in [2.05, 4.69) is 25.8 Å². The lowest BCUT2D eigenvalue weighted by Gasteiger charge is -2.15. The van der Waals surface area contributed by atoms with Crippen molar-refractivity contribution in [1.29, 1.82) is 0 Å². The van der Waals surface area contributed by atoms with Crippen LogP contribution >= 0.6 is 0 Å². The maximum Gasteiger partial charge on any atom is 0.251 e. The highest BCUT2D eigenvalue weighted by Gasteiger charge is 2.12. The van der Waals surface area contributed by atoms with Gasteiger partial charge in [0.05, 0.1) is 6.54 Å². The Morgan fingerprint density at radius 1 is 1.24 bits per heavy atom. The summed E-state index contributed by atoms with van der Waals surface area (Å²) in [5.74, 6) is -0.0879. The first-order valence-corrected chi connectivity index (χ1v) is 8.13. The molecule has 0 aliphatic heterocycles. The summed E-state index contributed by atoms with van der Waals surface area (Å²) in [5.41, 5.74) is 3.80. The van der Waals surface area contributed by atoms with Crippen molar-refractivity contribution in [2.24, 2.45) is 0 Å². The van der Waals surface area contributed by atoms with Crippen molar-refractivity contribution in [2.75, 3.05) is 0 Å². The van der Waals surface area contributed by atoms with E-state index in [1.54, 1.807) is 17.2 Å². The maximum absolute atomic E-state index is 12.4. The monoisotopic (exact) mass is 336 g/mol. The SMILES string of the molecule is Cc1cccnc1CC(C)NC(=O)c1ccc(Cn2cnnn2)cc1. The number of aromatic nitrogens is 5. The molecule has 0 spiro atoms.